The van der Waals surface area contributed by atoms with Gasteiger partial charge in [0.15, 0.2) is 0 Å². The monoisotopic (exact) mass is 220 g/mol. The summed E-state index contributed by atoms with van der Waals surface area (Å²) in [7, 11) is 0. The highest BCUT2D eigenvalue weighted by Crippen LogP contribution is 2.25. The minimum absolute atomic E-state index is 0.0929. The molecule has 1 aromatic carbocycles. The Morgan fingerprint density at radius 2 is 1.85 bits per heavy atom. The van der Waals surface area contributed by atoms with Gasteiger partial charge in [-0.25, -0.2) is 0 Å². The number of hydrogen-bond acceptors (Lipinski definition) is 1. The molecular weight excluding hydrogens is 214 g/mol. The van der Waals surface area contributed by atoms with E-state index in [1.165, 1.54) is 0 Å². The summed E-state index contributed by atoms with van der Waals surface area (Å²) in [6, 6.07) is 8.73. The molecule has 0 heterocycles. The van der Waals surface area contributed by atoms with Gasteiger partial charge in [0, 0.05) is 6.42 Å². The molecule has 0 bridgehead atoms. The number of ketones is 1. The van der Waals surface area contributed by atoms with E-state index in [1.807, 2.05) is 0 Å². The number of carbonyl (C=O) groups is 1. The highest BCUT2D eigenvalue weighted by molar-refractivity contribution is 6.56. The zero-order valence-corrected chi connectivity index (χ0v) is 8.15. The van der Waals surface area contributed by atoms with Crippen LogP contribution in [0.2, 0.25) is 0 Å². The Hall–Kier alpha value is -0.600. The van der Waals surface area contributed by atoms with Crippen molar-refractivity contribution in [1.82, 2.24) is 0 Å². The number of alkyl halides is 3. The number of Topliss-reactive ketones (excluding diaryl/α,β-unsaturated/α-hetero) is 1. The smallest absolute Gasteiger partial charge is 0.293 e. The van der Waals surface area contributed by atoms with Crippen molar-refractivity contribution in [3.63, 3.8) is 0 Å². The summed E-state index contributed by atoms with van der Waals surface area (Å²) in [5, 5.41) is 0. The molecule has 0 radical (unpaired) electrons. The summed E-state index contributed by atoms with van der Waals surface area (Å²) in [6.07, 6.45) is -0.0929. The van der Waals surface area contributed by atoms with Crippen molar-refractivity contribution in [3.8, 4) is 0 Å². The molecule has 70 valence electrons. The molecule has 0 fully saturated rings. The quantitative estimate of drug-likeness (QED) is 0.717. The van der Waals surface area contributed by atoms with Crippen LogP contribution in [0.1, 0.15) is 5.56 Å². The van der Waals surface area contributed by atoms with Gasteiger partial charge in [0.25, 0.3) is 0 Å². The average molecular weight is 221 g/mol. The third kappa shape index (κ3) is 3.33. The first-order valence-electron chi connectivity index (χ1n) is 3.64. The Balaban J connectivity index is 2.66. The van der Waals surface area contributed by atoms with Gasteiger partial charge in [-0.3, -0.25) is 4.79 Å². The summed E-state index contributed by atoms with van der Waals surface area (Å²) in [4.78, 5) is 11.0. The maximum atomic E-state index is 12.6. The Kier molecular flexibility index (Phi) is 3.28. The summed E-state index contributed by atoms with van der Waals surface area (Å²) >= 11 is 9.97. The van der Waals surface area contributed by atoms with Gasteiger partial charge >= 0.3 is 4.59 Å². The fourth-order valence-electron chi connectivity index (χ4n) is 0.881. The second kappa shape index (κ2) is 4.07. The van der Waals surface area contributed by atoms with E-state index in [0.717, 1.165) is 0 Å². The molecule has 0 saturated heterocycles. The molecule has 4 heteroatoms. The number of carbonyl (C=O) groups excluding carboxylic acids is 1. The molecule has 0 atom stereocenters. The Labute approximate surface area is 85.5 Å². The van der Waals surface area contributed by atoms with Crippen LogP contribution in [0.3, 0.4) is 0 Å². The van der Waals surface area contributed by atoms with Crippen LogP contribution in [-0.4, -0.2) is 10.4 Å². The van der Waals surface area contributed by atoms with Crippen molar-refractivity contribution < 1.29 is 9.18 Å². The van der Waals surface area contributed by atoms with Crippen molar-refractivity contribution in [2.45, 2.75) is 11.0 Å². The van der Waals surface area contributed by atoms with Crippen molar-refractivity contribution in [3.05, 3.63) is 35.9 Å². The minimum atomic E-state index is -2.78. The lowest BCUT2D eigenvalue weighted by molar-refractivity contribution is -0.122. The highest BCUT2D eigenvalue weighted by atomic mass is 35.5. The minimum Gasteiger partial charge on any atom is -0.293 e. The van der Waals surface area contributed by atoms with E-state index in [0.29, 0.717) is 5.56 Å². The van der Waals surface area contributed by atoms with Gasteiger partial charge in [-0.15, -0.1) is 0 Å². The molecule has 0 aliphatic heterocycles. The Morgan fingerprint density at radius 1 is 1.31 bits per heavy atom. The Bertz CT molecular complexity index is 292. The third-order valence-corrected chi connectivity index (χ3v) is 1.95. The van der Waals surface area contributed by atoms with Gasteiger partial charge in [0.2, 0.25) is 5.78 Å². The van der Waals surface area contributed by atoms with Crippen LogP contribution in [0.15, 0.2) is 30.3 Å². The first-order valence-corrected chi connectivity index (χ1v) is 4.39. The lowest BCUT2D eigenvalue weighted by Crippen LogP contribution is -2.22. The van der Waals surface area contributed by atoms with Crippen LogP contribution in [0.5, 0.6) is 0 Å². The topological polar surface area (TPSA) is 17.1 Å². The van der Waals surface area contributed by atoms with Crippen molar-refractivity contribution >= 4 is 29.0 Å². The van der Waals surface area contributed by atoms with Crippen molar-refractivity contribution in [2.75, 3.05) is 0 Å². The van der Waals surface area contributed by atoms with Crippen LogP contribution in [0, 0.1) is 0 Å². The van der Waals surface area contributed by atoms with Crippen LogP contribution >= 0.6 is 23.2 Å². The van der Waals surface area contributed by atoms with Crippen molar-refractivity contribution in [2.24, 2.45) is 0 Å². The van der Waals surface area contributed by atoms with Gasteiger partial charge in [0.1, 0.15) is 0 Å². The van der Waals surface area contributed by atoms with E-state index in [4.69, 9.17) is 23.2 Å². The molecule has 1 rings (SSSR count). The first-order chi connectivity index (χ1) is 6.00. The number of rotatable bonds is 3. The van der Waals surface area contributed by atoms with Gasteiger partial charge in [-0.1, -0.05) is 53.5 Å². The average Bonchev–Trinajstić information content (AvgIpc) is 2.04. The molecule has 0 spiro atoms. The number of halogens is 3. The fourth-order valence-corrected chi connectivity index (χ4v) is 1.02. The molecule has 0 unspecified atom stereocenters. The second-order valence-corrected chi connectivity index (χ2v) is 3.82. The molecule has 0 aliphatic rings. The molecular formula is C9H7Cl2FO. The summed E-state index contributed by atoms with van der Waals surface area (Å²) < 4.78 is 9.87. The molecule has 0 aliphatic carbocycles. The zero-order chi connectivity index (χ0) is 9.90. The third-order valence-electron chi connectivity index (χ3n) is 1.52. The van der Waals surface area contributed by atoms with Gasteiger partial charge in [-0.05, 0) is 5.56 Å². The second-order valence-electron chi connectivity index (χ2n) is 2.58. The van der Waals surface area contributed by atoms with Gasteiger partial charge in [-0.2, -0.15) is 4.39 Å². The van der Waals surface area contributed by atoms with E-state index < -0.39 is 10.4 Å². The van der Waals surface area contributed by atoms with E-state index in [9.17, 15) is 9.18 Å². The van der Waals surface area contributed by atoms with Crippen LogP contribution in [0.25, 0.3) is 0 Å². The predicted molar refractivity (Wildman–Crippen MR) is 50.7 cm³/mol. The van der Waals surface area contributed by atoms with E-state index in [2.05, 4.69) is 0 Å². The summed E-state index contributed by atoms with van der Waals surface area (Å²) in [5.41, 5.74) is 0.691. The number of benzene rings is 1. The normalized spacial score (nSPS) is 11.3. The largest absolute Gasteiger partial charge is 0.316 e. The molecule has 0 saturated carbocycles. The lowest BCUT2D eigenvalue weighted by Gasteiger charge is -2.06. The maximum Gasteiger partial charge on any atom is 0.316 e. The van der Waals surface area contributed by atoms with E-state index >= 15 is 0 Å². The van der Waals surface area contributed by atoms with Crippen LogP contribution in [-0.2, 0) is 11.2 Å². The number of hydrogen-bond donors (Lipinski definition) is 0. The molecule has 0 N–H and O–H groups in total. The lowest BCUT2D eigenvalue weighted by atomic mass is 10.1. The van der Waals surface area contributed by atoms with E-state index in [-0.39, 0.29) is 6.42 Å². The maximum absolute atomic E-state index is 12.6. The molecule has 0 amide bonds. The highest BCUT2D eigenvalue weighted by Gasteiger charge is 2.32. The van der Waals surface area contributed by atoms with Crippen LogP contribution in [0.4, 0.5) is 4.39 Å². The first kappa shape index (κ1) is 10.5. The molecule has 1 aromatic rings. The van der Waals surface area contributed by atoms with Crippen molar-refractivity contribution in [1.29, 1.82) is 0 Å². The summed E-state index contributed by atoms with van der Waals surface area (Å²) in [5.74, 6) is -0.845. The Morgan fingerprint density at radius 3 is 2.31 bits per heavy atom. The molecule has 0 aromatic heterocycles. The molecule has 13 heavy (non-hydrogen) atoms. The fraction of sp³-hybridized carbons (Fsp3) is 0.222. The standard InChI is InChI=1S/C9H7Cl2FO/c10-9(11,12)8(13)6-7-4-2-1-3-5-7/h1-5H,6H2. The van der Waals surface area contributed by atoms with Gasteiger partial charge < -0.3 is 0 Å². The SMILES string of the molecule is O=C(Cc1ccccc1)C(F)(Cl)Cl. The van der Waals surface area contributed by atoms with E-state index in [1.54, 1.807) is 30.3 Å². The predicted octanol–water partition coefficient (Wildman–Crippen LogP) is 2.90. The van der Waals surface area contributed by atoms with Crippen LogP contribution < -0.4 is 0 Å². The molecule has 1 nitrogen and oxygen atoms in total. The van der Waals surface area contributed by atoms with Gasteiger partial charge in [0.05, 0.1) is 0 Å². The summed E-state index contributed by atoms with van der Waals surface area (Å²) in [6.45, 7) is 0. The zero-order valence-electron chi connectivity index (χ0n) is 6.64.